The van der Waals surface area contributed by atoms with Gasteiger partial charge in [0.2, 0.25) is 0 Å². The summed E-state index contributed by atoms with van der Waals surface area (Å²) in [4.78, 5) is 0. The van der Waals surface area contributed by atoms with Crippen LogP contribution >= 0.6 is 0 Å². The molecule has 0 spiro atoms. The van der Waals surface area contributed by atoms with Crippen LogP contribution in [0.15, 0.2) is 18.2 Å². The topological polar surface area (TPSA) is 9.23 Å². The molecule has 106 valence electrons. The minimum Gasteiger partial charge on any atom is -0.381 e. The minimum atomic E-state index is 0.865. The Hall–Kier alpha value is -0.820. The fraction of sp³-hybridized carbons (Fsp3) is 0.667. The van der Waals surface area contributed by atoms with Crippen molar-refractivity contribution in [1.29, 1.82) is 0 Å². The van der Waals surface area contributed by atoms with Crippen LogP contribution in [0.4, 0.5) is 0 Å². The highest BCUT2D eigenvalue weighted by Crippen LogP contribution is 2.18. The molecule has 0 N–H and O–H groups in total. The Morgan fingerprint density at radius 1 is 1.21 bits per heavy atom. The monoisotopic (exact) mass is 260 g/mol. The fourth-order valence-corrected chi connectivity index (χ4v) is 2.77. The number of aryl methyl sites for hydroxylation is 1. The molecule has 2 aliphatic carbocycles. The van der Waals surface area contributed by atoms with Gasteiger partial charge in [0.25, 0.3) is 0 Å². The second-order valence-corrected chi connectivity index (χ2v) is 5.82. The first kappa shape index (κ1) is 14.6. The molecule has 1 saturated heterocycles. The molecule has 0 radical (unpaired) electrons. The second kappa shape index (κ2) is 7.69. The van der Waals surface area contributed by atoms with E-state index in [1.165, 1.54) is 50.2 Å². The molecule has 0 aromatic rings. The number of unbranched alkanes of at least 4 members (excludes halogenated alkanes) is 2. The van der Waals surface area contributed by atoms with Crippen molar-refractivity contribution >= 4 is 0 Å². The molecule has 1 atom stereocenters. The Labute approximate surface area is 117 Å². The molecule has 0 aromatic carbocycles. The van der Waals surface area contributed by atoms with E-state index in [0.29, 0.717) is 0 Å². The molecule has 1 nitrogen and oxygen atoms in total. The van der Waals surface area contributed by atoms with Gasteiger partial charge in [-0.3, -0.25) is 0 Å². The van der Waals surface area contributed by atoms with Crippen molar-refractivity contribution in [2.45, 2.75) is 58.8 Å². The predicted octanol–water partition coefficient (Wildman–Crippen LogP) is 4.84. The summed E-state index contributed by atoms with van der Waals surface area (Å²) in [7, 11) is 0. The van der Waals surface area contributed by atoms with Crippen LogP contribution < -0.4 is 0 Å². The zero-order chi connectivity index (χ0) is 13.5. The van der Waals surface area contributed by atoms with Crippen LogP contribution in [-0.4, -0.2) is 13.2 Å². The maximum absolute atomic E-state index is 5.27. The summed E-state index contributed by atoms with van der Waals surface area (Å²) in [5, 5.41) is 3.03. The van der Waals surface area contributed by atoms with Gasteiger partial charge in [-0.05, 0) is 47.6 Å². The molecule has 1 heterocycles. The van der Waals surface area contributed by atoms with Crippen molar-refractivity contribution in [2.75, 3.05) is 13.2 Å². The van der Waals surface area contributed by atoms with E-state index in [9.17, 15) is 0 Å². The van der Waals surface area contributed by atoms with Crippen LogP contribution in [0, 0.1) is 16.4 Å². The highest BCUT2D eigenvalue weighted by Gasteiger charge is 2.10. The second-order valence-electron chi connectivity index (χ2n) is 5.82. The average molecular weight is 260 g/mol. The van der Waals surface area contributed by atoms with Crippen molar-refractivity contribution in [2.24, 2.45) is 5.92 Å². The summed E-state index contributed by atoms with van der Waals surface area (Å²) in [5.41, 5.74) is 1.59. The zero-order valence-electron chi connectivity index (χ0n) is 12.6. The summed E-state index contributed by atoms with van der Waals surface area (Å²) in [6.07, 6.45) is 9.33. The molecule has 1 unspecified atom stereocenters. The SMILES string of the molecule is CCC1CCCOC1.CCCCCc1cc2ccc1=2. The van der Waals surface area contributed by atoms with E-state index >= 15 is 0 Å². The van der Waals surface area contributed by atoms with E-state index in [0.717, 1.165) is 19.1 Å². The van der Waals surface area contributed by atoms with Crippen LogP contribution in [0.5, 0.6) is 0 Å². The van der Waals surface area contributed by atoms with E-state index in [4.69, 9.17) is 4.74 Å². The first-order valence-electron chi connectivity index (χ1n) is 8.06. The van der Waals surface area contributed by atoms with E-state index in [1.807, 2.05) is 0 Å². The van der Waals surface area contributed by atoms with Gasteiger partial charge in [-0.2, -0.15) is 0 Å². The quantitative estimate of drug-likeness (QED) is 0.699. The van der Waals surface area contributed by atoms with Gasteiger partial charge in [-0.25, -0.2) is 0 Å². The molecule has 3 aliphatic rings. The van der Waals surface area contributed by atoms with Crippen molar-refractivity contribution in [1.82, 2.24) is 0 Å². The Bertz CT molecular complexity index is 457. The summed E-state index contributed by atoms with van der Waals surface area (Å²) in [6, 6.07) is 6.75. The highest BCUT2D eigenvalue weighted by atomic mass is 16.5. The van der Waals surface area contributed by atoms with Gasteiger partial charge in [0.1, 0.15) is 0 Å². The molecule has 0 amide bonds. The first-order valence-corrected chi connectivity index (χ1v) is 8.06. The van der Waals surface area contributed by atoms with Crippen molar-refractivity contribution < 1.29 is 4.74 Å². The molecule has 0 aromatic heterocycles. The van der Waals surface area contributed by atoms with E-state index < -0.39 is 0 Å². The van der Waals surface area contributed by atoms with Crippen LogP contribution in [-0.2, 0) is 11.2 Å². The molecule has 1 aliphatic heterocycles. The molecule has 0 bridgehead atoms. The number of ether oxygens (including phenoxy) is 1. The van der Waals surface area contributed by atoms with Crippen molar-refractivity contribution in [3.8, 4) is 0 Å². The van der Waals surface area contributed by atoms with Gasteiger partial charge in [-0.1, -0.05) is 51.3 Å². The predicted molar refractivity (Wildman–Crippen MR) is 81.2 cm³/mol. The lowest BCUT2D eigenvalue weighted by Gasteiger charge is -2.19. The number of hydrogen-bond donors (Lipinski definition) is 0. The number of benzene rings is 1. The van der Waals surface area contributed by atoms with Crippen LogP contribution in [0.1, 0.15) is 57.9 Å². The van der Waals surface area contributed by atoms with Gasteiger partial charge in [0.15, 0.2) is 0 Å². The molecular weight excluding hydrogens is 232 g/mol. The summed E-state index contributed by atoms with van der Waals surface area (Å²) < 4.78 is 5.27. The van der Waals surface area contributed by atoms with E-state index in [-0.39, 0.29) is 0 Å². The van der Waals surface area contributed by atoms with Crippen molar-refractivity contribution in [3.63, 3.8) is 0 Å². The Balaban J connectivity index is 0.000000148. The third-order valence-corrected chi connectivity index (χ3v) is 4.30. The zero-order valence-corrected chi connectivity index (χ0v) is 12.6. The third kappa shape index (κ3) is 4.07. The summed E-state index contributed by atoms with van der Waals surface area (Å²) in [5.74, 6) is 0.865. The molecule has 1 heteroatoms. The summed E-state index contributed by atoms with van der Waals surface area (Å²) >= 11 is 0. The van der Waals surface area contributed by atoms with Gasteiger partial charge in [0.05, 0.1) is 0 Å². The Kier molecular flexibility index (Phi) is 5.91. The maximum atomic E-state index is 5.27. The van der Waals surface area contributed by atoms with E-state index in [1.54, 1.807) is 10.8 Å². The molecule has 0 saturated carbocycles. The first-order chi connectivity index (χ1) is 9.35. The highest BCUT2D eigenvalue weighted by molar-refractivity contribution is 5.33. The maximum Gasteiger partial charge on any atom is 0.0494 e. The van der Waals surface area contributed by atoms with Gasteiger partial charge in [-0.15, -0.1) is 0 Å². The van der Waals surface area contributed by atoms with Gasteiger partial charge >= 0.3 is 0 Å². The third-order valence-electron chi connectivity index (χ3n) is 4.30. The molecular formula is C18H28O. The van der Waals surface area contributed by atoms with Crippen LogP contribution in [0.3, 0.4) is 0 Å². The normalized spacial score (nSPS) is 19.6. The number of hydrogen-bond acceptors (Lipinski definition) is 1. The average Bonchev–Trinajstić information content (AvgIpc) is 2.45. The van der Waals surface area contributed by atoms with Crippen molar-refractivity contribution in [3.05, 3.63) is 34.2 Å². The number of rotatable bonds is 5. The summed E-state index contributed by atoms with van der Waals surface area (Å²) in [6.45, 7) is 6.50. The molecule has 19 heavy (non-hydrogen) atoms. The lowest BCUT2D eigenvalue weighted by Crippen LogP contribution is -2.15. The van der Waals surface area contributed by atoms with Gasteiger partial charge in [0, 0.05) is 13.2 Å². The standard InChI is InChI=1S/C11H14.C7H14O/c1-2-3-4-5-9-8-10-6-7-11(9)10;1-2-7-4-3-5-8-6-7/h6-8H,2-5H2,1H3;7H,2-6H2,1H3. The molecule has 1 fully saturated rings. The van der Waals surface area contributed by atoms with Crippen LogP contribution in [0.2, 0.25) is 0 Å². The van der Waals surface area contributed by atoms with Gasteiger partial charge < -0.3 is 4.74 Å². The van der Waals surface area contributed by atoms with Crippen LogP contribution in [0.25, 0.3) is 0 Å². The lowest BCUT2D eigenvalue weighted by molar-refractivity contribution is 0.0535. The largest absolute Gasteiger partial charge is 0.381 e. The fourth-order valence-electron chi connectivity index (χ4n) is 2.77. The minimum absolute atomic E-state index is 0.865. The van der Waals surface area contributed by atoms with E-state index in [2.05, 4.69) is 32.0 Å². The lowest BCUT2D eigenvalue weighted by atomic mass is 9.95. The Morgan fingerprint density at radius 2 is 2.11 bits per heavy atom. The molecule has 3 rings (SSSR count). The smallest absolute Gasteiger partial charge is 0.0494 e. The Morgan fingerprint density at radius 3 is 2.53 bits per heavy atom.